The fourth-order valence-electron chi connectivity index (χ4n) is 2.82. The highest BCUT2D eigenvalue weighted by Gasteiger charge is 2.68. The van der Waals surface area contributed by atoms with Gasteiger partial charge in [0.15, 0.2) is 16.1 Å². The van der Waals surface area contributed by atoms with Gasteiger partial charge in [-0.3, -0.25) is 14.4 Å². The molecular weight excluding hydrogens is 288 g/mol. The predicted molar refractivity (Wildman–Crippen MR) is 64.6 cm³/mol. The van der Waals surface area contributed by atoms with E-state index >= 15 is 0 Å². The molecule has 110 valence electrons. The van der Waals surface area contributed by atoms with Crippen LogP contribution in [0.25, 0.3) is 0 Å². The molecule has 0 radical (unpaired) electrons. The average molecular weight is 302 g/mol. The van der Waals surface area contributed by atoms with Crippen molar-refractivity contribution >= 4 is 15.7 Å². The van der Waals surface area contributed by atoms with Gasteiger partial charge in [-0.15, -0.1) is 5.10 Å². The van der Waals surface area contributed by atoms with Gasteiger partial charge in [-0.05, 0) is 6.92 Å². The molecule has 1 N–H and O–H groups in total. The number of sulfone groups is 1. The number of aliphatic hydroxyl groups excluding tert-OH is 1. The second-order valence-electron chi connectivity index (χ2n) is 5.07. The molecule has 20 heavy (non-hydrogen) atoms. The number of aromatic nitrogens is 3. The van der Waals surface area contributed by atoms with Gasteiger partial charge in [0.25, 0.3) is 0 Å². The highest BCUT2D eigenvalue weighted by Crippen LogP contribution is 2.46. The normalized spacial score (nSPS) is 34.9. The third-order valence-corrected chi connectivity index (χ3v) is 6.65. The molecule has 0 saturated carbocycles. The van der Waals surface area contributed by atoms with E-state index in [1.165, 1.54) is 28.9 Å². The number of carbonyl (C=O) groups is 1. The molecule has 9 nitrogen and oxygen atoms in total. The topological polar surface area (TPSA) is 115 Å². The Kier molecular flexibility index (Phi) is 2.85. The number of β-lactam (4-membered cyclic amide) rings is 1. The number of aliphatic hydroxyl groups is 1. The summed E-state index contributed by atoms with van der Waals surface area (Å²) in [4.78, 5) is 12.8. The smallest absolute Gasteiger partial charge is 0.228 e. The monoisotopic (exact) mass is 302 g/mol. The van der Waals surface area contributed by atoms with Crippen LogP contribution >= 0.6 is 0 Å². The molecule has 2 aliphatic heterocycles. The summed E-state index contributed by atoms with van der Waals surface area (Å²) in [6, 6.07) is 0. The summed E-state index contributed by atoms with van der Waals surface area (Å²) in [5.41, 5.74) is 0. The third-order valence-electron chi connectivity index (χ3n) is 3.91. The third kappa shape index (κ3) is 1.55. The summed E-state index contributed by atoms with van der Waals surface area (Å²) in [5.74, 6) is -0.292. The number of rotatable bonds is 4. The lowest BCUT2D eigenvalue weighted by Crippen LogP contribution is -2.56. The van der Waals surface area contributed by atoms with Crippen molar-refractivity contribution in [2.75, 3.05) is 6.79 Å². The molecule has 1 unspecified atom stereocenters. The van der Waals surface area contributed by atoms with E-state index in [0.717, 1.165) is 0 Å². The lowest BCUT2D eigenvalue weighted by molar-refractivity contribution is -0.175. The first kappa shape index (κ1) is 13.5. The van der Waals surface area contributed by atoms with Crippen LogP contribution in [-0.4, -0.2) is 62.5 Å². The number of ether oxygens (including phenoxy) is 1. The van der Waals surface area contributed by atoms with Gasteiger partial charge in [-0.2, -0.15) is 0 Å². The van der Waals surface area contributed by atoms with Crippen molar-refractivity contribution in [3.05, 3.63) is 12.4 Å². The number of carbonyl (C=O) groups excluding carboxylic acids is 1. The van der Waals surface area contributed by atoms with Crippen LogP contribution in [0.15, 0.2) is 12.4 Å². The molecule has 0 spiro atoms. The number of amides is 1. The van der Waals surface area contributed by atoms with Gasteiger partial charge >= 0.3 is 0 Å². The van der Waals surface area contributed by atoms with Crippen LogP contribution < -0.4 is 0 Å². The average Bonchev–Trinajstić information content (AvgIpc) is 2.90. The number of hydrogen-bond donors (Lipinski definition) is 1. The van der Waals surface area contributed by atoms with Crippen LogP contribution in [0, 0.1) is 0 Å². The summed E-state index contributed by atoms with van der Waals surface area (Å²) in [7, 11) is -3.63. The minimum Gasteiger partial charge on any atom is -0.371 e. The summed E-state index contributed by atoms with van der Waals surface area (Å²) in [5, 5.41) is 15.5. The van der Waals surface area contributed by atoms with Crippen molar-refractivity contribution in [1.82, 2.24) is 19.9 Å². The molecule has 1 aromatic rings. The van der Waals surface area contributed by atoms with Crippen LogP contribution in [0.4, 0.5) is 0 Å². The van der Waals surface area contributed by atoms with Gasteiger partial charge in [0, 0.05) is 6.20 Å². The molecule has 0 aliphatic carbocycles. The van der Waals surface area contributed by atoms with Gasteiger partial charge in [-0.25, -0.2) is 8.42 Å². The lowest BCUT2D eigenvalue weighted by atomic mass is 10.1. The van der Waals surface area contributed by atoms with Crippen LogP contribution in [0.3, 0.4) is 0 Å². The molecule has 3 heterocycles. The first-order valence-corrected chi connectivity index (χ1v) is 7.57. The van der Waals surface area contributed by atoms with Crippen LogP contribution in [0.5, 0.6) is 0 Å². The van der Waals surface area contributed by atoms with E-state index in [4.69, 9.17) is 9.84 Å². The maximum atomic E-state index is 12.6. The molecule has 1 amide bonds. The van der Waals surface area contributed by atoms with Gasteiger partial charge in [0.1, 0.15) is 16.9 Å². The Morgan fingerprint density at radius 1 is 1.60 bits per heavy atom. The van der Waals surface area contributed by atoms with Gasteiger partial charge in [0.05, 0.1) is 19.2 Å². The zero-order chi connectivity index (χ0) is 14.5. The van der Waals surface area contributed by atoms with Crippen molar-refractivity contribution < 1.29 is 23.1 Å². The Labute approximate surface area is 115 Å². The quantitative estimate of drug-likeness (QED) is 0.521. The summed E-state index contributed by atoms with van der Waals surface area (Å²) >= 11 is 0. The number of hydrogen-bond acceptors (Lipinski definition) is 7. The van der Waals surface area contributed by atoms with Crippen molar-refractivity contribution in [2.24, 2.45) is 0 Å². The fourth-order valence-corrected chi connectivity index (χ4v) is 5.11. The zero-order valence-corrected chi connectivity index (χ0v) is 11.5. The van der Waals surface area contributed by atoms with Gasteiger partial charge in [-0.1, -0.05) is 5.21 Å². The molecule has 3 rings (SSSR count). The molecule has 2 fully saturated rings. The van der Waals surface area contributed by atoms with Gasteiger partial charge in [0.2, 0.25) is 5.91 Å². The fraction of sp³-hybridized carbons (Fsp3) is 0.700. The largest absolute Gasteiger partial charge is 0.371 e. The molecule has 1 aromatic heterocycles. The van der Waals surface area contributed by atoms with E-state index in [-0.39, 0.29) is 18.9 Å². The van der Waals surface area contributed by atoms with E-state index in [1.54, 1.807) is 0 Å². The molecule has 0 aromatic carbocycles. The van der Waals surface area contributed by atoms with Crippen LogP contribution in [0.1, 0.15) is 13.3 Å². The van der Waals surface area contributed by atoms with Crippen LogP contribution in [0.2, 0.25) is 0 Å². The van der Waals surface area contributed by atoms with Crippen LogP contribution in [-0.2, 0) is 25.9 Å². The Morgan fingerprint density at radius 2 is 2.35 bits per heavy atom. The predicted octanol–water partition coefficient (Wildman–Crippen LogP) is -1.68. The highest BCUT2D eigenvalue weighted by molar-refractivity contribution is 7.93. The maximum Gasteiger partial charge on any atom is 0.228 e. The maximum absolute atomic E-state index is 12.6. The second kappa shape index (κ2) is 4.24. The number of fused-ring (bicyclic) bond motifs is 1. The van der Waals surface area contributed by atoms with E-state index in [9.17, 15) is 13.2 Å². The summed E-state index contributed by atoms with van der Waals surface area (Å²) < 4.78 is 30.4. The van der Waals surface area contributed by atoms with Crippen molar-refractivity contribution in [2.45, 2.75) is 36.2 Å². The molecule has 2 saturated heterocycles. The molecule has 3 atom stereocenters. The highest BCUT2D eigenvalue weighted by atomic mass is 32.2. The minimum atomic E-state index is -3.63. The zero-order valence-electron chi connectivity index (χ0n) is 10.7. The molecule has 2 aliphatic rings. The summed E-state index contributed by atoms with van der Waals surface area (Å²) in [6.45, 7) is 0.833. The molecular formula is C10H14N4O5S. The minimum absolute atomic E-state index is 0.000278. The first-order valence-electron chi connectivity index (χ1n) is 6.03. The Morgan fingerprint density at radius 3 is 2.90 bits per heavy atom. The first-order chi connectivity index (χ1) is 9.41. The van der Waals surface area contributed by atoms with Crippen molar-refractivity contribution in [3.63, 3.8) is 0 Å². The Hall–Kier alpha value is -1.52. The van der Waals surface area contributed by atoms with E-state index < -0.39 is 33.0 Å². The molecule has 0 bridgehead atoms. The van der Waals surface area contributed by atoms with Crippen molar-refractivity contribution in [1.29, 1.82) is 0 Å². The summed E-state index contributed by atoms with van der Waals surface area (Å²) in [6.07, 6.45) is 1.91. The molecule has 10 heteroatoms. The van der Waals surface area contributed by atoms with E-state index in [0.29, 0.717) is 0 Å². The second-order valence-corrected chi connectivity index (χ2v) is 7.63. The number of nitrogens with zero attached hydrogens (tertiary/aromatic N) is 4. The van der Waals surface area contributed by atoms with Gasteiger partial charge < -0.3 is 9.84 Å². The van der Waals surface area contributed by atoms with E-state index in [2.05, 4.69) is 10.3 Å². The van der Waals surface area contributed by atoms with E-state index in [1.807, 2.05) is 0 Å². The Balaban J connectivity index is 2.02. The standard InChI is InChI=1S/C10H14N4O5S/c1-10(5-13-3-2-11-12-13)9(19-6-15)14-7(16)4-8(14)20(10,17)18/h2-3,8-9,15H,4-6H2,1H3/t8?,9-,10+/m0/s1. The Bertz CT molecular complexity index is 630. The SMILES string of the molecule is C[C@@]1(Cn2ccnn2)[C@H](OCO)N2C(=O)CC2S1(=O)=O. The van der Waals surface area contributed by atoms with Crippen molar-refractivity contribution in [3.8, 4) is 0 Å². The lowest BCUT2D eigenvalue weighted by Gasteiger charge is -2.37.